The molecular weight excluding hydrogens is 206 g/mol. The molecule has 1 atom stereocenters. The van der Waals surface area contributed by atoms with Gasteiger partial charge in [-0.25, -0.2) is 0 Å². The molecular formula is C11H21N3O2. The summed E-state index contributed by atoms with van der Waals surface area (Å²) in [7, 11) is 0. The lowest BCUT2D eigenvalue weighted by molar-refractivity contribution is -0.127. The second kappa shape index (κ2) is 6.27. The minimum atomic E-state index is -0.660. The first-order valence-electron chi connectivity index (χ1n) is 5.23. The number of carbonyl (C=O) groups is 2. The van der Waals surface area contributed by atoms with E-state index >= 15 is 0 Å². The van der Waals surface area contributed by atoms with Gasteiger partial charge in [-0.05, 0) is 20.8 Å². The maximum Gasteiger partial charge on any atom is 0.237 e. The summed E-state index contributed by atoms with van der Waals surface area (Å²) in [6.07, 6.45) is 1.61. The molecule has 1 unspecified atom stereocenters. The highest BCUT2D eigenvalue weighted by atomic mass is 16.2. The molecule has 0 saturated carbocycles. The molecule has 0 aromatic carbocycles. The number of amides is 2. The third kappa shape index (κ3) is 4.93. The van der Waals surface area contributed by atoms with Crippen LogP contribution in [-0.2, 0) is 9.59 Å². The zero-order chi connectivity index (χ0) is 12.8. The molecule has 0 bridgehead atoms. The van der Waals surface area contributed by atoms with E-state index in [2.05, 4.69) is 17.2 Å². The molecule has 0 saturated heterocycles. The first-order chi connectivity index (χ1) is 7.31. The van der Waals surface area contributed by atoms with Crippen molar-refractivity contribution in [2.24, 2.45) is 11.1 Å². The Balaban J connectivity index is 4.06. The summed E-state index contributed by atoms with van der Waals surface area (Å²) < 4.78 is 0. The monoisotopic (exact) mass is 227 g/mol. The summed E-state index contributed by atoms with van der Waals surface area (Å²) in [5, 5.41) is 5.63. The first-order valence-corrected chi connectivity index (χ1v) is 5.23. The van der Waals surface area contributed by atoms with Crippen LogP contribution < -0.4 is 16.4 Å². The van der Waals surface area contributed by atoms with Crippen molar-refractivity contribution in [2.45, 2.75) is 26.8 Å². The number of nitrogens with two attached hydrogens (primary N) is 1. The molecule has 2 amide bonds. The van der Waals surface area contributed by atoms with Crippen LogP contribution in [0.1, 0.15) is 20.8 Å². The average Bonchev–Trinajstić information content (AvgIpc) is 2.22. The van der Waals surface area contributed by atoms with E-state index in [0.29, 0.717) is 13.1 Å². The fourth-order valence-corrected chi connectivity index (χ4v) is 0.914. The fraction of sp³-hybridized carbons (Fsp3) is 0.636. The summed E-state index contributed by atoms with van der Waals surface area (Å²) in [4.78, 5) is 22.5. The van der Waals surface area contributed by atoms with Crippen LogP contribution in [0.3, 0.4) is 0 Å². The van der Waals surface area contributed by atoms with Crippen LogP contribution in [0.2, 0.25) is 0 Å². The van der Waals surface area contributed by atoms with Gasteiger partial charge in [-0.2, -0.15) is 0 Å². The number of rotatable bonds is 7. The van der Waals surface area contributed by atoms with Gasteiger partial charge in [0.15, 0.2) is 0 Å². The molecule has 16 heavy (non-hydrogen) atoms. The van der Waals surface area contributed by atoms with Gasteiger partial charge in [0, 0.05) is 13.1 Å². The predicted octanol–water partition coefficient (Wildman–Crippen LogP) is -0.222. The first kappa shape index (κ1) is 14.6. The Morgan fingerprint density at radius 3 is 2.50 bits per heavy atom. The van der Waals surface area contributed by atoms with E-state index in [-0.39, 0.29) is 11.9 Å². The van der Waals surface area contributed by atoms with Gasteiger partial charge >= 0.3 is 0 Å². The molecule has 0 fully saturated rings. The molecule has 0 radical (unpaired) electrons. The van der Waals surface area contributed by atoms with Crippen LogP contribution in [-0.4, -0.2) is 30.9 Å². The third-order valence-corrected chi connectivity index (χ3v) is 2.33. The van der Waals surface area contributed by atoms with Crippen molar-refractivity contribution in [1.29, 1.82) is 0 Å². The highest BCUT2D eigenvalue weighted by Gasteiger charge is 2.26. The molecule has 0 spiro atoms. The molecule has 5 nitrogen and oxygen atoms in total. The second-order valence-electron chi connectivity index (χ2n) is 4.38. The van der Waals surface area contributed by atoms with Gasteiger partial charge in [0.05, 0.1) is 11.5 Å². The van der Waals surface area contributed by atoms with Gasteiger partial charge in [-0.1, -0.05) is 6.08 Å². The smallest absolute Gasteiger partial charge is 0.237 e. The summed E-state index contributed by atoms with van der Waals surface area (Å²) in [6, 6.07) is -0.362. The van der Waals surface area contributed by atoms with E-state index in [1.165, 1.54) is 0 Å². The molecule has 0 rings (SSSR count). The zero-order valence-corrected chi connectivity index (χ0v) is 10.2. The van der Waals surface area contributed by atoms with Gasteiger partial charge in [0.2, 0.25) is 11.8 Å². The molecule has 0 aliphatic heterocycles. The summed E-state index contributed by atoms with van der Waals surface area (Å²) in [6.45, 7) is 9.50. The van der Waals surface area contributed by atoms with Gasteiger partial charge in [-0.15, -0.1) is 6.58 Å². The van der Waals surface area contributed by atoms with Gasteiger partial charge in [0.1, 0.15) is 0 Å². The maximum atomic E-state index is 11.5. The standard InChI is InChI=1S/C11H21N3O2/c1-5-6-13-9(15)8(2)14-7-11(3,4)10(12)16/h5,8,14H,1,6-7H2,2-4H3,(H2,12,16)(H,13,15). The van der Waals surface area contributed by atoms with Gasteiger partial charge in [0.25, 0.3) is 0 Å². The van der Waals surface area contributed by atoms with Gasteiger partial charge < -0.3 is 16.4 Å². The minimum absolute atomic E-state index is 0.125. The lowest BCUT2D eigenvalue weighted by Crippen LogP contribution is -2.48. The van der Waals surface area contributed by atoms with Crippen molar-refractivity contribution in [3.63, 3.8) is 0 Å². The van der Waals surface area contributed by atoms with Crippen molar-refractivity contribution >= 4 is 11.8 Å². The Morgan fingerprint density at radius 2 is 2.06 bits per heavy atom. The minimum Gasteiger partial charge on any atom is -0.369 e. The lowest BCUT2D eigenvalue weighted by Gasteiger charge is -2.23. The van der Waals surface area contributed by atoms with E-state index in [1.807, 2.05) is 0 Å². The molecule has 0 aromatic rings. The Labute approximate surface area is 96.5 Å². The summed E-state index contributed by atoms with van der Waals surface area (Å²) in [5.41, 5.74) is 4.56. The Morgan fingerprint density at radius 1 is 1.50 bits per heavy atom. The maximum absolute atomic E-state index is 11.5. The fourth-order valence-electron chi connectivity index (χ4n) is 0.914. The van der Waals surface area contributed by atoms with Crippen molar-refractivity contribution in [3.8, 4) is 0 Å². The number of hydrogen-bond donors (Lipinski definition) is 3. The average molecular weight is 227 g/mol. The Hall–Kier alpha value is -1.36. The van der Waals surface area contributed by atoms with Crippen LogP contribution in [0.25, 0.3) is 0 Å². The number of nitrogens with one attached hydrogen (secondary N) is 2. The molecule has 0 aromatic heterocycles. The number of hydrogen-bond acceptors (Lipinski definition) is 3. The molecule has 0 heterocycles. The second-order valence-corrected chi connectivity index (χ2v) is 4.38. The van der Waals surface area contributed by atoms with E-state index in [1.54, 1.807) is 26.8 Å². The van der Waals surface area contributed by atoms with Crippen LogP contribution >= 0.6 is 0 Å². The number of carbonyl (C=O) groups excluding carboxylic acids is 2. The largest absolute Gasteiger partial charge is 0.369 e. The van der Waals surface area contributed by atoms with E-state index in [4.69, 9.17) is 5.73 Å². The normalized spacial score (nSPS) is 12.9. The van der Waals surface area contributed by atoms with Crippen LogP contribution in [0, 0.1) is 5.41 Å². The van der Waals surface area contributed by atoms with Gasteiger partial charge in [-0.3, -0.25) is 9.59 Å². The van der Waals surface area contributed by atoms with Crippen LogP contribution in [0.4, 0.5) is 0 Å². The van der Waals surface area contributed by atoms with E-state index < -0.39 is 11.3 Å². The van der Waals surface area contributed by atoms with Crippen molar-refractivity contribution in [1.82, 2.24) is 10.6 Å². The van der Waals surface area contributed by atoms with Crippen molar-refractivity contribution < 1.29 is 9.59 Å². The SMILES string of the molecule is C=CCNC(=O)C(C)NCC(C)(C)C(N)=O. The molecule has 4 N–H and O–H groups in total. The molecule has 0 aliphatic rings. The van der Waals surface area contributed by atoms with Crippen molar-refractivity contribution in [2.75, 3.05) is 13.1 Å². The Bertz CT molecular complexity index is 274. The predicted molar refractivity (Wildman–Crippen MR) is 63.6 cm³/mol. The molecule has 5 heteroatoms. The highest BCUT2D eigenvalue weighted by molar-refractivity contribution is 5.82. The summed E-state index contributed by atoms with van der Waals surface area (Å²) >= 11 is 0. The number of primary amides is 1. The third-order valence-electron chi connectivity index (χ3n) is 2.33. The van der Waals surface area contributed by atoms with E-state index in [0.717, 1.165) is 0 Å². The zero-order valence-electron chi connectivity index (χ0n) is 10.2. The van der Waals surface area contributed by atoms with Crippen LogP contribution in [0.15, 0.2) is 12.7 Å². The quantitative estimate of drug-likeness (QED) is 0.526. The lowest BCUT2D eigenvalue weighted by atomic mass is 9.92. The molecule has 0 aliphatic carbocycles. The van der Waals surface area contributed by atoms with Crippen molar-refractivity contribution in [3.05, 3.63) is 12.7 Å². The van der Waals surface area contributed by atoms with Crippen LogP contribution in [0.5, 0.6) is 0 Å². The highest BCUT2D eigenvalue weighted by Crippen LogP contribution is 2.11. The topological polar surface area (TPSA) is 84.2 Å². The van der Waals surface area contributed by atoms with E-state index in [9.17, 15) is 9.59 Å². The summed E-state index contributed by atoms with van der Waals surface area (Å²) in [5.74, 6) is -0.515. The Kier molecular flexibility index (Phi) is 5.74. The molecule has 92 valence electrons.